The van der Waals surface area contributed by atoms with E-state index in [-0.39, 0.29) is 33.6 Å². The van der Waals surface area contributed by atoms with Gasteiger partial charge in [-0.15, -0.1) is 0 Å². The minimum absolute atomic E-state index is 0. The van der Waals surface area contributed by atoms with Crippen molar-refractivity contribution >= 4 is 5.97 Å². The van der Waals surface area contributed by atoms with Gasteiger partial charge in [0.2, 0.25) is 0 Å². The van der Waals surface area contributed by atoms with Crippen LogP contribution in [0.5, 0.6) is 0 Å². The van der Waals surface area contributed by atoms with Crippen LogP contribution in [0.25, 0.3) is 0 Å². The van der Waals surface area contributed by atoms with Crippen molar-refractivity contribution in [2.75, 3.05) is 6.61 Å². The zero-order chi connectivity index (χ0) is 8.10. The molecule has 0 amide bonds. The van der Waals surface area contributed by atoms with Crippen molar-refractivity contribution in [3.63, 3.8) is 0 Å². The third-order valence-electron chi connectivity index (χ3n) is 0.929. The van der Waals surface area contributed by atoms with Gasteiger partial charge in [-0.25, -0.2) is 11.1 Å². The maximum atomic E-state index is 10.7. The number of tetrazole rings is 1. The maximum Gasteiger partial charge on any atom is 0.329 e. The molecule has 0 bridgehead atoms. The molecule has 1 heterocycles. The van der Waals surface area contributed by atoms with Crippen LogP contribution < -0.4 is 0 Å². The van der Waals surface area contributed by atoms with Crippen LogP contribution in [0.3, 0.4) is 0 Å². The summed E-state index contributed by atoms with van der Waals surface area (Å²) in [7, 11) is 0. The normalized spacial score (nSPS) is 8.75. The fraction of sp³-hybridized carbons (Fsp3) is 0.600. The van der Waals surface area contributed by atoms with Gasteiger partial charge in [0.25, 0.3) is 0 Å². The zero-order valence-corrected chi connectivity index (χ0v) is 9.36. The second kappa shape index (κ2) is 5.83. The maximum absolute atomic E-state index is 10.7. The number of nitrogens with zero attached hydrogens (tertiary/aromatic N) is 4. The van der Waals surface area contributed by atoms with Gasteiger partial charge < -0.3 is 14.9 Å². The van der Waals surface area contributed by atoms with E-state index in [9.17, 15) is 4.79 Å². The summed E-state index contributed by atoms with van der Waals surface area (Å²) in [6.07, 6.45) is 2.22. The van der Waals surface area contributed by atoms with Gasteiger partial charge in [-0.05, 0) is 6.92 Å². The Bertz CT molecular complexity index is 225. The monoisotopic (exact) mass is 339 g/mol. The van der Waals surface area contributed by atoms with Crippen molar-refractivity contribution in [1.29, 1.82) is 0 Å². The average molecular weight is 339 g/mol. The molecule has 0 saturated heterocycles. The van der Waals surface area contributed by atoms with Crippen LogP contribution >= 0.6 is 0 Å². The van der Waals surface area contributed by atoms with E-state index in [1.165, 1.54) is 0 Å². The summed E-state index contributed by atoms with van der Waals surface area (Å²) >= 11 is 0. The number of rotatable bonds is 3. The van der Waals surface area contributed by atoms with Crippen LogP contribution in [0.1, 0.15) is 6.92 Å². The van der Waals surface area contributed by atoms with Crippen molar-refractivity contribution in [3.05, 3.63) is 6.33 Å². The van der Waals surface area contributed by atoms with Crippen LogP contribution in [-0.4, -0.2) is 32.8 Å². The molecule has 0 saturated carbocycles. The Balaban J connectivity index is 0.00000121. The third-order valence-corrected chi connectivity index (χ3v) is 0.929. The van der Waals surface area contributed by atoms with Crippen LogP contribution in [0.15, 0.2) is 0 Å². The van der Waals surface area contributed by atoms with Gasteiger partial charge >= 0.3 is 5.97 Å². The van der Waals surface area contributed by atoms with Gasteiger partial charge in [-0.2, -0.15) is 4.80 Å². The SMILES string of the molecule is CCOC(=O)Cn1n[c-]nn1.[W]. The molecule has 0 aliphatic heterocycles. The average Bonchev–Trinajstić information content (AvgIpc) is 2.40. The summed E-state index contributed by atoms with van der Waals surface area (Å²) in [5.41, 5.74) is 0. The molecule has 6 nitrogen and oxygen atoms in total. The molecule has 0 N–H and O–H groups in total. The minimum atomic E-state index is -0.376. The molecule has 66 valence electrons. The number of hydrogen-bond acceptors (Lipinski definition) is 5. The number of esters is 1. The number of ether oxygens (including phenoxy) is 1. The van der Waals surface area contributed by atoms with E-state index in [0.29, 0.717) is 6.61 Å². The van der Waals surface area contributed by atoms with Gasteiger partial charge in [0.15, 0.2) is 6.54 Å². The van der Waals surface area contributed by atoms with Crippen molar-refractivity contribution < 1.29 is 30.6 Å². The zero-order valence-electron chi connectivity index (χ0n) is 6.43. The molecule has 1 rings (SSSR count). The molecule has 12 heavy (non-hydrogen) atoms. The first kappa shape index (κ1) is 11.2. The first-order valence-corrected chi connectivity index (χ1v) is 3.12. The largest absolute Gasteiger partial charge is 0.465 e. The fourth-order valence-corrected chi connectivity index (χ4v) is 0.552. The molecule has 0 atom stereocenters. The van der Waals surface area contributed by atoms with Gasteiger partial charge in [-0.1, -0.05) is 5.21 Å². The molecule has 0 spiro atoms. The molecule has 0 aliphatic carbocycles. The first-order chi connectivity index (χ1) is 5.33. The molecule has 0 aliphatic rings. The van der Waals surface area contributed by atoms with Gasteiger partial charge in [0.1, 0.15) is 0 Å². The molecule has 0 fully saturated rings. The summed E-state index contributed by atoms with van der Waals surface area (Å²) in [5, 5.41) is 10.2. The Kier molecular flexibility index (Phi) is 5.45. The van der Waals surface area contributed by atoms with Crippen LogP contribution in [0.4, 0.5) is 0 Å². The molecule has 0 aromatic carbocycles. The van der Waals surface area contributed by atoms with Crippen molar-refractivity contribution in [2.24, 2.45) is 0 Å². The third kappa shape index (κ3) is 3.57. The number of hydrogen-bond donors (Lipinski definition) is 0. The second-order valence-electron chi connectivity index (χ2n) is 1.72. The van der Waals surface area contributed by atoms with Crippen LogP contribution in [0.2, 0.25) is 0 Å². The Labute approximate surface area is 83.5 Å². The Hall–Kier alpha value is -0.772. The van der Waals surface area contributed by atoms with Crippen LogP contribution in [-0.2, 0) is 37.1 Å². The Morgan fingerprint density at radius 2 is 2.42 bits per heavy atom. The van der Waals surface area contributed by atoms with E-state index in [1.807, 2.05) is 0 Å². The van der Waals surface area contributed by atoms with E-state index in [2.05, 4.69) is 26.5 Å². The van der Waals surface area contributed by atoms with E-state index in [1.54, 1.807) is 6.92 Å². The van der Waals surface area contributed by atoms with Crippen molar-refractivity contribution in [2.45, 2.75) is 13.5 Å². The summed E-state index contributed by atoms with van der Waals surface area (Å²) in [5.74, 6) is -0.376. The smallest absolute Gasteiger partial charge is 0.329 e. The number of carbonyl (C=O) groups excluding carboxylic acids is 1. The number of carbonyl (C=O) groups is 1. The van der Waals surface area contributed by atoms with E-state index in [4.69, 9.17) is 0 Å². The van der Waals surface area contributed by atoms with E-state index >= 15 is 0 Å². The molecule has 0 radical (unpaired) electrons. The predicted octanol–water partition coefficient (Wildman–Crippen LogP) is -0.966. The van der Waals surface area contributed by atoms with E-state index in [0.717, 1.165) is 4.80 Å². The fourth-order valence-electron chi connectivity index (χ4n) is 0.552. The quantitative estimate of drug-likeness (QED) is 0.524. The topological polar surface area (TPSA) is 69.9 Å². The molecule has 1 aromatic heterocycles. The number of aromatic nitrogens is 4. The summed E-state index contributed by atoms with van der Waals surface area (Å²) < 4.78 is 4.63. The molecule has 7 heteroatoms. The predicted molar refractivity (Wildman–Crippen MR) is 33.3 cm³/mol. The van der Waals surface area contributed by atoms with Crippen molar-refractivity contribution in [1.82, 2.24) is 20.2 Å². The second-order valence-corrected chi connectivity index (χ2v) is 1.72. The van der Waals surface area contributed by atoms with E-state index < -0.39 is 0 Å². The molecular weight excluding hydrogens is 332 g/mol. The standard InChI is InChI=1S/C5H7N4O2.W/c1-2-11-5(10)3-9-7-4-6-8-9;/h2-3H2,1H3;/q-1;. The van der Waals surface area contributed by atoms with Crippen LogP contribution in [0, 0.1) is 6.33 Å². The van der Waals surface area contributed by atoms with Crippen molar-refractivity contribution in [3.8, 4) is 0 Å². The molecule has 1 aromatic rings. The minimum Gasteiger partial charge on any atom is -0.465 e. The summed E-state index contributed by atoms with van der Waals surface area (Å²) in [4.78, 5) is 11.9. The Morgan fingerprint density at radius 1 is 1.67 bits per heavy atom. The molecular formula is C5H7N4O2W-. The molecule has 0 unspecified atom stereocenters. The summed E-state index contributed by atoms with van der Waals surface area (Å²) in [6.45, 7) is 2.08. The summed E-state index contributed by atoms with van der Waals surface area (Å²) in [6, 6.07) is 0. The van der Waals surface area contributed by atoms with Gasteiger partial charge in [-0.3, -0.25) is 0 Å². The van der Waals surface area contributed by atoms with Gasteiger partial charge in [0.05, 0.1) is 6.61 Å². The Morgan fingerprint density at radius 3 is 2.92 bits per heavy atom. The van der Waals surface area contributed by atoms with Gasteiger partial charge in [0, 0.05) is 21.1 Å². The first-order valence-electron chi connectivity index (χ1n) is 3.12.